The molecule has 0 bridgehead atoms. The van der Waals surface area contributed by atoms with Gasteiger partial charge in [-0.05, 0) is 42.0 Å². The Hall–Kier alpha value is -1.55. The van der Waals surface area contributed by atoms with Crippen LogP contribution in [0.3, 0.4) is 0 Å². The molecule has 0 atom stereocenters. The molecule has 1 fully saturated rings. The number of hydrogen-bond acceptors (Lipinski definition) is 4. The topological polar surface area (TPSA) is 52.3 Å². The van der Waals surface area contributed by atoms with Gasteiger partial charge >= 0.3 is 5.97 Å². The number of nitrogen functional groups attached to an aromatic ring is 1. The zero-order valence-corrected chi connectivity index (χ0v) is 11.5. The van der Waals surface area contributed by atoms with Crippen LogP contribution >= 0.6 is 11.3 Å². The van der Waals surface area contributed by atoms with E-state index in [4.69, 9.17) is 10.5 Å². The van der Waals surface area contributed by atoms with Gasteiger partial charge in [0.2, 0.25) is 0 Å². The summed E-state index contributed by atoms with van der Waals surface area (Å²) in [4.78, 5) is 12.6. The molecule has 1 aliphatic rings. The van der Waals surface area contributed by atoms with Crippen molar-refractivity contribution in [1.29, 1.82) is 0 Å². The number of hydrogen-bond donors (Lipinski definition) is 1. The maximum absolute atomic E-state index is 11.9. The molecule has 2 N–H and O–H groups in total. The van der Waals surface area contributed by atoms with Crippen molar-refractivity contribution in [2.24, 2.45) is 5.92 Å². The highest BCUT2D eigenvalue weighted by Crippen LogP contribution is 2.30. The van der Waals surface area contributed by atoms with Crippen molar-refractivity contribution in [3.05, 3.63) is 29.1 Å². The number of carbonyl (C=O) groups is 1. The highest BCUT2D eigenvalue weighted by atomic mass is 32.1. The van der Waals surface area contributed by atoms with E-state index in [9.17, 15) is 4.79 Å². The van der Waals surface area contributed by atoms with Gasteiger partial charge in [0.15, 0.2) is 0 Å². The van der Waals surface area contributed by atoms with E-state index in [0.717, 1.165) is 28.1 Å². The van der Waals surface area contributed by atoms with Crippen LogP contribution in [-0.4, -0.2) is 12.6 Å². The summed E-state index contributed by atoms with van der Waals surface area (Å²) in [7, 11) is 0. The third kappa shape index (κ3) is 2.73. The van der Waals surface area contributed by atoms with Gasteiger partial charge < -0.3 is 10.5 Å². The molecule has 0 amide bonds. The predicted octanol–water partition coefficient (Wildman–Crippen LogP) is 3.83. The third-order valence-corrected chi connectivity index (χ3v) is 4.82. The van der Waals surface area contributed by atoms with Crippen LogP contribution in [0.5, 0.6) is 0 Å². The van der Waals surface area contributed by atoms with Crippen LogP contribution in [0.1, 0.15) is 35.4 Å². The molecule has 0 aliphatic heterocycles. The van der Waals surface area contributed by atoms with Crippen molar-refractivity contribution >= 4 is 33.1 Å². The number of anilines is 1. The minimum Gasteiger partial charge on any atom is -0.461 e. The number of rotatable bonds is 4. The van der Waals surface area contributed by atoms with Gasteiger partial charge in [-0.2, -0.15) is 0 Å². The Morgan fingerprint density at radius 3 is 2.95 bits per heavy atom. The van der Waals surface area contributed by atoms with Gasteiger partial charge in [0, 0.05) is 10.4 Å². The first-order valence-electron chi connectivity index (χ1n) is 6.68. The molecule has 3 rings (SSSR count). The first-order chi connectivity index (χ1) is 9.22. The lowest BCUT2D eigenvalue weighted by Crippen LogP contribution is -2.15. The lowest BCUT2D eigenvalue weighted by molar-refractivity contribution is 0.0470. The van der Waals surface area contributed by atoms with Gasteiger partial charge in [0.05, 0.1) is 6.61 Å². The molecule has 100 valence electrons. The summed E-state index contributed by atoms with van der Waals surface area (Å²) < 4.78 is 6.40. The first-order valence-corrected chi connectivity index (χ1v) is 7.50. The SMILES string of the molecule is Nc1ccc2sc(C(=O)OCCC3CCC3)cc2c1. The van der Waals surface area contributed by atoms with Crippen LogP contribution in [0.15, 0.2) is 24.3 Å². The normalized spacial score (nSPS) is 15.4. The van der Waals surface area contributed by atoms with E-state index in [0.29, 0.717) is 11.5 Å². The Balaban J connectivity index is 1.63. The number of ether oxygens (including phenoxy) is 1. The Labute approximate surface area is 116 Å². The molecule has 0 radical (unpaired) electrons. The molecule has 1 aromatic heterocycles. The predicted molar refractivity (Wildman–Crippen MR) is 78.5 cm³/mol. The molecule has 2 aromatic rings. The molecule has 1 aliphatic carbocycles. The van der Waals surface area contributed by atoms with Crippen LogP contribution in [0, 0.1) is 5.92 Å². The molecule has 1 aromatic carbocycles. The first kappa shape index (κ1) is 12.5. The highest BCUT2D eigenvalue weighted by Gasteiger charge is 2.18. The Morgan fingerprint density at radius 2 is 2.21 bits per heavy atom. The van der Waals surface area contributed by atoms with Gasteiger partial charge in [-0.15, -0.1) is 11.3 Å². The molecule has 1 heterocycles. The number of benzene rings is 1. The minimum absolute atomic E-state index is 0.209. The second kappa shape index (κ2) is 5.21. The summed E-state index contributed by atoms with van der Waals surface area (Å²) in [5.74, 6) is 0.564. The largest absolute Gasteiger partial charge is 0.461 e. The lowest BCUT2D eigenvalue weighted by atomic mass is 9.83. The van der Waals surface area contributed by atoms with Crippen LogP contribution < -0.4 is 5.73 Å². The van der Waals surface area contributed by atoms with Crippen molar-refractivity contribution in [3.63, 3.8) is 0 Å². The summed E-state index contributed by atoms with van der Waals surface area (Å²) in [6.07, 6.45) is 4.92. The van der Waals surface area contributed by atoms with Gasteiger partial charge in [-0.1, -0.05) is 19.3 Å². The standard InChI is InChI=1S/C15H17NO2S/c16-12-4-5-13-11(8-12)9-14(19-13)15(17)18-7-6-10-2-1-3-10/h4-5,8-10H,1-3,6-7,16H2. The van der Waals surface area contributed by atoms with Crippen molar-refractivity contribution in [1.82, 2.24) is 0 Å². The monoisotopic (exact) mass is 275 g/mol. The van der Waals surface area contributed by atoms with E-state index < -0.39 is 0 Å². The quantitative estimate of drug-likeness (QED) is 0.681. The molecule has 0 saturated heterocycles. The second-order valence-electron chi connectivity index (χ2n) is 5.13. The van der Waals surface area contributed by atoms with E-state index in [2.05, 4.69) is 0 Å². The maximum Gasteiger partial charge on any atom is 0.348 e. The number of esters is 1. The molecular formula is C15H17NO2S. The number of nitrogens with two attached hydrogens (primary N) is 1. The summed E-state index contributed by atoms with van der Waals surface area (Å²) in [6, 6.07) is 7.55. The maximum atomic E-state index is 11.9. The van der Waals surface area contributed by atoms with Crippen LogP contribution in [0.25, 0.3) is 10.1 Å². The third-order valence-electron chi connectivity index (χ3n) is 3.73. The van der Waals surface area contributed by atoms with Gasteiger partial charge in [0.25, 0.3) is 0 Å². The van der Waals surface area contributed by atoms with Crippen molar-refractivity contribution in [3.8, 4) is 0 Å². The number of thiophene rings is 1. The molecule has 19 heavy (non-hydrogen) atoms. The Morgan fingerprint density at radius 1 is 1.37 bits per heavy atom. The number of fused-ring (bicyclic) bond motifs is 1. The average molecular weight is 275 g/mol. The highest BCUT2D eigenvalue weighted by molar-refractivity contribution is 7.20. The average Bonchev–Trinajstić information content (AvgIpc) is 2.75. The molecule has 1 saturated carbocycles. The van der Waals surface area contributed by atoms with Gasteiger partial charge in [0.1, 0.15) is 4.88 Å². The van der Waals surface area contributed by atoms with Gasteiger partial charge in [-0.3, -0.25) is 0 Å². The summed E-state index contributed by atoms with van der Waals surface area (Å²) in [6.45, 7) is 0.542. The van der Waals surface area contributed by atoms with Crippen LogP contribution in [-0.2, 0) is 4.74 Å². The second-order valence-corrected chi connectivity index (χ2v) is 6.21. The van der Waals surface area contributed by atoms with E-state index in [1.807, 2.05) is 24.3 Å². The minimum atomic E-state index is -0.209. The van der Waals surface area contributed by atoms with Crippen molar-refractivity contribution in [2.45, 2.75) is 25.7 Å². The number of carbonyl (C=O) groups excluding carboxylic acids is 1. The van der Waals surface area contributed by atoms with E-state index in [1.165, 1.54) is 30.6 Å². The molecule has 0 spiro atoms. The van der Waals surface area contributed by atoms with Crippen LogP contribution in [0.4, 0.5) is 5.69 Å². The van der Waals surface area contributed by atoms with Crippen molar-refractivity contribution in [2.75, 3.05) is 12.3 Å². The fraction of sp³-hybridized carbons (Fsp3) is 0.400. The summed E-state index contributed by atoms with van der Waals surface area (Å²) >= 11 is 1.46. The van der Waals surface area contributed by atoms with Crippen molar-refractivity contribution < 1.29 is 9.53 Å². The fourth-order valence-electron chi connectivity index (χ4n) is 2.33. The molecular weight excluding hydrogens is 258 g/mol. The summed E-state index contributed by atoms with van der Waals surface area (Å²) in [5.41, 5.74) is 6.45. The van der Waals surface area contributed by atoms with Gasteiger partial charge in [-0.25, -0.2) is 4.79 Å². The Kier molecular flexibility index (Phi) is 3.42. The fourth-order valence-corrected chi connectivity index (χ4v) is 3.27. The lowest BCUT2D eigenvalue weighted by Gasteiger charge is -2.24. The van der Waals surface area contributed by atoms with E-state index in [-0.39, 0.29) is 5.97 Å². The zero-order chi connectivity index (χ0) is 13.2. The van der Waals surface area contributed by atoms with E-state index in [1.54, 1.807) is 0 Å². The zero-order valence-electron chi connectivity index (χ0n) is 10.7. The molecule has 4 heteroatoms. The van der Waals surface area contributed by atoms with E-state index >= 15 is 0 Å². The smallest absolute Gasteiger partial charge is 0.348 e. The molecule has 0 unspecified atom stereocenters. The van der Waals surface area contributed by atoms with Crippen LogP contribution in [0.2, 0.25) is 0 Å². The Bertz CT molecular complexity index is 601. The summed E-state index contributed by atoms with van der Waals surface area (Å²) in [5, 5.41) is 1.01. The molecule has 3 nitrogen and oxygen atoms in total.